The number of nitrogens with two attached hydrogens (primary N) is 1. The van der Waals surface area contributed by atoms with Crippen LogP contribution in [0.15, 0.2) is 18.2 Å². The molecule has 116 valence electrons. The van der Waals surface area contributed by atoms with Gasteiger partial charge in [-0.05, 0) is 30.0 Å². The predicted molar refractivity (Wildman–Crippen MR) is 82.3 cm³/mol. The van der Waals surface area contributed by atoms with Crippen LogP contribution < -0.4 is 10.5 Å². The lowest BCUT2D eigenvalue weighted by Crippen LogP contribution is -2.20. The van der Waals surface area contributed by atoms with Gasteiger partial charge in [0.2, 0.25) is 0 Å². The van der Waals surface area contributed by atoms with Crippen LogP contribution in [0.4, 0.5) is 0 Å². The van der Waals surface area contributed by atoms with Crippen LogP contribution in [0.1, 0.15) is 50.8 Å². The molecule has 0 fully saturated rings. The van der Waals surface area contributed by atoms with E-state index in [2.05, 4.69) is 19.9 Å². The summed E-state index contributed by atoms with van der Waals surface area (Å²) in [6, 6.07) is 6.10. The van der Waals surface area contributed by atoms with Gasteiger partial charge in [0.25, 0.3) is 0 Å². The van der Waals surface area contributed by atoms with Gasteiger partial charge in [0, 0.05) is 23.4 Å². The summed E-state index contributed by atoms with van der Waals surface area (Å²) < 4.78 is 10.4. The fraction of sp³-hybridized carbons (Fsp3) is 0.588. The first-order valence-electron chi connectivity index (χ1n) is 7.43. The summed E-state index contributed by atoms with van der Waals surface area (Å²) in [5, 5.41) is 0. The largest absolute Gasteiger partial charge is 0.492 e. The van der Waals surface area contributed by atoms with Crippen molar-refractivity contribution in [3.63, 3.8) is 0 Å². The number of methoxy groups -OCH3 is 1. The van der Waals surface area contributed by atoms with E-state index in [1.54, 1.807) is 0 Å². The van der Waals surface area contributed by atoms with Crippen molar-refractivity contribution < 1.29 is 14.3 Å². The summed E-state index contributed by atoms with van der Waals surface area (Å²) in [6.07, 6.45) is 1.17. The van der Waals surface area contributed by atoms with Crippen LogP contribution >= 0.6 is 0 Å². The maximum absolute atomic E-state index is 11.3. The molecule has 0 aromatic heterocycles. The van der Waals surface area contributed by atoms with Gasteiger partial charge in [0.15, 0.2) is 0 Å². The summed E-state index contributed by atoms with van der Waals surface area (Å²) >= 11 is 0. The Kier molecular flexibility index (Phi) is 4.57. The van der Waals surface area contributed by atoms with Gasteiger partial charge >= 0.3 is 5.97 Å². The third-order valence-corrected chi connectivity index (χ3v) is 4.15. The van der Waals surface area contributed by atoms with Crippen LogP contribution in [-0.4, -0.2) is 19.7 Å². The number of rotatable bonds is 5. The Balaban J connectivity index is 2.07. The highest BCUT2D eigenvalue weighted by Crippen LogP contribution is 2.39. The number of hydrogen-bond acceptors (Lipinski definition) is 4. The molecule has 0 radical (unpaired) electrons. The molecule has 0 saturated heterocycles. The van der Waals surface area contributed by atoms with E-state index in [1.807, 2.05) is 19.1 Å². The molecular weight excluding hydrogens is 266 g/mol. The monoisotopic (exact) mass is 291 g/mol. The van der Waals surface area contributed by atoms with Gasteiger partial charge in [-0.25, -0.2) is 0 Å². The SMILES string of the molecule is COC(=O)CC(C)CC(N)c1ccc2c(c1)C(C)(C)CO2. The second kappa shape index (κ2) is 6.06. The van der Waals surface area contributed by atoms with Crippen molar-refractivity contribution in [2.45, 2.75) is 45.1 Å². The van der Waals surface area contributed by atoms with Gasteiger partial charge in [0.1, 0.15) is 5.75 Å². The number of carbonyl (C=O) groups is 1. The van der Waals surface area contributed by atoms with E-state index in [0.717, 1.165) is 17.7 Å². The third-order valence-electron chi connectivity index (χ3n) is 4.15. The molecule has 0 spiro atoms. The van der Waals surface area contributed by atoms with Crippen LogP contribution in [0.2, 0.25) is 0 Å². The van der Waals surface area contributed by atoms with E-state index in [-0.39, 0.29) is 23.3 Å². The molecular formula is C17H25NO3. The number of ether oxygens (including phenoxy) is 2. The van der Waals surface area contributed by atoms with E-state index in [9.17, 15) is 4.79 Å². The minimum atomic E-state index is -0.182. The molecule has 0 aliphatic carbocycles. The Morgan fingerprint density at radius 2 is 2.19 bits per heavy atom. The quantitative estimate of drug-likeness (QED) is 0.847. The zero-order chi connectivity index (χ0) is 15.6. The minimum absolute atomic E-state index is 0.0305. The lowest BCUT2D eigenvalue weighted by Gasteiger charge is -2.20. The van der Waals surface area contributed by atoms with Crippen molar-refractivity contribution in [2.24, 2.45) is 11.7 Å². The fourth-order valence-electron chi connectivity index (χ4n) is 2.79. The second-order valence-corrected chi connectivity index (χ2v) is 6.66. The molecule has 1 aromatic carbocycles. The van der Waals surface area contributed by atoms with Gasteiger partial charge in [0.05, 0.1) is 13.7 Å². The van der Waals surface area contributed by atoms with Crippen LogP contribution in [0.25, 0.3) is 0 Å². The van der Waals surface area contributed by atoms with Gasteiger partial charge in [-0.15, -0.1) is 0 Å². The molecule has 1 aliphatic rings. The average Bonchev–Trinajstić information content (AvgIpc) is 2.73. The van der Waals surface area contributed by atoms with Crippen molar-refractivity contribution in [3.8, 4) is 5.75 Å². The Labute approximate surface area is 126 Å². The van der Waals surface area contributed by atoms with Crippen molar-refractivity contribution >= 4 is 5.97 Å². The molecule has 4 nitrogen and oxygen atoms in total. The first-order chi connectivity index (χ1) is 9.83. The Hall–Kier alpha value is -1.55. The number of benzene rings is 1. The van der Waals surface area contributed by atoms with Crippen LogP contribution in [0.5, 0.6) is 5.75 Å². The summed E-state index contributed by atoms with van der Waals surface area (Å²) in [6.45, 7) is 7.08. The van der Waals surface area contributed by atoms with Crippen LogP contribution in [0, 0.1) is 5.92 Å². The summed E-state index contributed by atoms with van der Waals surface area (Å²) in [5.41, 5.74) is 8.65. The number of carbonyl (C=O) groups excluding carboxylic acids is 1. The first-order valence-corrected chi connectivity index (χ1v) is 7.43. The predicted octanol–water partition coefficient (Wildman–Crippen LogP) is 2.95. The molecule has 1 aromatic rings. The second-order valence-electron chi connectivity index (χ2n) is 6.66. The molecule has 2 atom stereocenters. The molecule has 0 bridgehead atoms. The lowest BCUT2D eigenvalue weighted by atomic mass is 9.84. The fourth-order valence-corrected chi connectivity index (χ4v) is 2.79. The first kappa shape index (κ1) is 15.8. The van der Waals surface area contributed by atoms with Gasteiger partial charge in [-0.3, -0.25) is 4.79 Å². The Morgan fingerprint density at radius 1 is 1.48 bits per heavy atom. The van der Waals surface area contributed by atoms with E-state index in [1.165, 1.54) is 12.7 Å². The standard InChI is InChI=1S/C17H25NO3/c1-11(8-16(19)20-4)7-14(18)12-5-6-15-13(9-12)17(2,3)10-21-15/h5-6,9,11,14H,7-8,10,18H2,1-4H3. The van der Waals surface area contributed by atoms with Crippen molar-refractivity contribution in [2.75, 3.05) is 13.7 Å². The van der Waals surface area contributed by atoms with Crippen molar-refractivity contribution in [3.05, 3.63) is 29.3 Å². The highest BCUT2D eigenvalue weighted by Gasteiger charge is 2.32. The molecule has 2 N–H and O–H groups in total. The maximum atomic E-state index is 11.3. The van der Waals surface area contributed by atoms with Crippen molar-refractivity contribution in [1.29, 1.82) is 0 Å². The molecule has 1 heterocycles. The number of esters is 1. The highest BCUT2D eigenvalue weighted by atomic mass is 16.5. The number of hydrogen-bond donors (Lipinski definition) is 1. The average molecular weight is 291 g/mol. The topological polar surface area (TPSA) is 61.5 Å². The molecule has 21 heavy (non-hydrogen) atoms. The Morgan fingerprint density at radius 3 is 2.86 bits per heavy atom. The molecule has 2 rings (SSSR count). The summed E-state index contributed by atoms with van der Waals surface area (Å²) in [7, 11) is 1.41. The minimum Gasteiger partial charge on any atom is -0.492 e. The van der Waals surface area contributed by atoms with E-state index < -0.39 is 0 Å². The number of fused-ring (bicyclic) bond motifs is 1. The summed E-state index contributed by atoms with van der Waals surface area (Å²) in [5.74, 6) is 0.974. The molecule has 2 unspecified atom stereocenters. The van der Waals surface area contributed by atoms with Gasteiger partial charge < -0.3 is 15.2 Å². The van der Waals surface area contributed by atoms with Crippen LogP contribution in [-0.2, 0) is 14.9 Å². The molecule has 1 aliphatic heterocycles. The summed E-state index contributed by atoms with van der Waals surface area (Å²) in [4.78, 5) is 11.3. The molecule has 0 amide bonds. The van der Waals surface area contributed by atoms with Crippen molar-refractivity contribution in [1.82, 2.24) is 0 Å². The third kappa shape index (κ3) is 3.56. The lowest BCUT2D eigenvalue weighted by molar-refractivity contribution is -0.141. The Bertz CT molecular complexity index is 525. The zero-order valence-electron chi connectivity index (χ0n) is 13.3. The highest BCUT2D eigenvalue weighted by molar-refractivity contribution is 5.69. The smallest absolute Gasteiger partial charge is 0.305 e. The normalized spacial score (nSPS) is 18.5. The van der Waals surface area contributed by atoms with Gasteiger partial charge in [-0.1, -0.05) is 26.8 Å². The zero-order valence-corrected chi connectivity index (χ0v) is 13.3. The van der Waals surface area contributed by atoms with E-state index >= 15 is 0 Å². The molecule has 4 heteroatoms. The van der Waals surface area contributed by atoms with E-state index in [0.29, 0.717) is 13.0 Å². The van der Waals surface area contributed by atoms with Crippen LogP contribution in [0.3, 0.4) is 0 Å². The molecule has 0 saturated carbocycles. The van der Waals surface area contributed by atoms with Gasteiger partial charge in [-0.2, -0.15) is 0 Å². The van der Waals surface area contributed by atoms with E-state index in [4.69, 9.17) is 15.2 Å². The maximum Gasteiger partial charge on any atom is 0.305 e.